The van der Waals surface area contributed by atoms with E-state index in [2.05, 4.69) is 5.32 Å². The van der Waals surface area contributed by atoms with Crippen LogP contribution >= 0.6 is 0 Å². The molecular formula is C21H17N3O4. The Morgan fingerprint density at radius 1 is 0.857 bits per heavy atom. The molecule has 0 saturated carbocycles. The topological polar surface area (TPSA) is 92.6 Å². The number of nitro benzene ring substituents is 1. The van der Waals surface area contributed by atoms with Crippen LogP contribution in [0.15, 0.2) is 78.9 Å². The largest absolute Gasteiger partial charge is 0.322 e. The first-order chi connectivity index (χ1) is 13.5. The van der Waals surface area contributed by atoms with Gasteiger partial charge in [0.2, 0.25) is 0 Å². The van der Waals surface area contributed by atoms with Gasteiger partial charge in [-0.25, -0.2) is 0 Å². The molecule has 3 aromatic rings. The quantitative estimate of drug-likeness (QED) is 0.536. The van der Waals surface area contributed by atoms with E-state index < -0.39 is 10.8 Å². The van der Waals surface area contributed by atoms with E-state index >= 15 is 0 Å². The summed E-state index contributed by atoms with van der Waals surface area (Å²) < 4.78 is 0. The van der Waals surface area contributed by atoms with Crippen LogP contribution in [0.1, 0.15) is 20.7 Å². The van der Waals surface area contributed by atoms with Crippen LogP contribution in [0.4, 0.5) is 17.1 Å². The van der Waals surface area contributed by atoms with Gasteiger partial charge in [-0.2, -0.15) is 0 Å². The van der Waals surface area contributed by atoms with Gasteiger partial charge in [-0.3, -0.25) is 19.7 Å². The summed E-state index contributed by atoms with van der Waals surface area (Å²) in [4.78, 5) is 36.5. The highest BCUT2D eigenvalue weighted by molar-refractivity contribution is 6.07. The van der Waals surface area contributed by atoms with Gasteiger partial charge in [0.05, 0.1) is 4.92 Å². The minimum Gasteiger partial charge on any atom is -0.322 e. The number of anilines is 2. The van der Waals surface area contributed by atoms with Crippen LogP contribution in [0.25, 0.3) is 0 Å². The zero-order valence-corrected chi connectivity index (χ0v) is 15.0. The molecule has 0 bridgehead atoms. The van der Waals surface area contributed by atoms with Gasteiger partial charge in [0.25, 0.3) is 17.5 Å². The number of para-hydroxylation sites is 1. The van der Waals surface area contributed by atoms with Gasteiger partial charge in [0.1, 0.15) is 0 Å². The van der Waals surface area contributed by atoms with Crippen LogP contribution in [-0.4, -0.2) is 23.8 Å². The number of nitrogens with zero attached hydrogens (tertiary/aromatic N) is 2. The van der Waals surface area contributed by atoms with Crippen LogP contribution < -0.4 is 10.2 Å². The number of nitrogens with one attached hydrogen (secondary N) is 1. The fraction of sp³-hybridized carbons (Fsp3) is 0.0476. The van der Waals surface area contributed by atoms with Gasteiger partial charge in [0.15, 0.2) is 0 Å². The molecule has 0 aliphatic heterocycles. The fourth-order valence-electron chi connectivity index (χ4n) is 2.60. The maximum atomic E-state index is 12.6. The number of carbonyl (C=O) groups is 2. The number of hydrogen-bond acceptors (Lipinski definition) is 4. The Kier molecular flexibility index (Phi) is 5.45. The Hall–Kier alpha value is -4.00. The first-order valence-corrected chi connectivity index (χ1v) is 8.44. The van der Waals surface area contributed by atoms with Crippen LogP contribution in [0.2, 0.25) is 0 Å². The van der Waals surface area contributed by atoms with E-state index in [1.54, 1.807) is 36.2 Å². The van der Waals surface area contributed by atoms with Crippen molar-refractivity contribution in [2.75, 3.05) is 17.3 Å². The van der Waals surface area contributed by atoms with Crippen LogP contribution in [0.3, 0.4) is 0 Å². The summed E-state index contributed by atoms with van der Waals surface area (Å²) in [6, 6.07) is 21.1. The molecule has 0 aliphatic rings. The van der Waals surface area contributed by atoms with Crippen molar-refractivity contribution in [3.8, 4) is 0 Å². The lowest BCUT2D eigenvalue weighted by Gasteiger charge is -2.17. The standard InChI is InChI=1S/C21H17N3O4/c1-23(18-5-3-2-4-6-18)21(26)16-7-11-17(12-8-16)22-20(25)15-9-13-19(14-10-15)24(27)28/h2-14H,1H3,(H,22,25). The van der Waals surface area contributed by atoms with E-state index in [1.165, 1.54) is 24.3 Å². The molecule has 0 radical (unpaired) electrons. The molecule has 0 unspecified atom stereocenters. The van der Waals surface area contributed by atoms with Gasteiger partial charge < -0.3 is 10.2 Å². The summed E-state index contributed by atoms with van der Waals surface area (Å²) >= 11 is 0. The van der Waals surface area contributed by atoms with Crippen molar-refractivity contribution in [2.24, 2.45) is 0 Å². The van der Waals surface area contributed by atoms with Crippen molar-refractivity contribution in [1.82, 2.24) is 0 Å². The highest BCUT2D eigenvalue weighted by Crippen LogP contribution is 2.18. The van der Waals surface area contributed by atoms with E-state index in [-0.39, 0.29) is 11.6 Å². The van der Waals surface area contributed by atoms with E-state index in [0.29, 0.717) is 16.8 Å². The second-order valence-electron chi connectivity index (χ2n) is 6.04. The molecule has 3 rings (SSSR count). The summed E-state index contributed by atoms with van der Waals surface area (Å²) in [7, 11) is 1.70. The molecule has 0 aromatic heterocycles. The van der Waals surface area contributed by atoms with Gasteiger partial charge in [-0.15, -0.1) is 0 Å². The number of carbonyl (C=O) groups excluding carboxylic acids is 2. The van der Waals surface area contributed by atoms with Gasteiger partial charge in [-0.05, 0) is 48.5 Å². The first-order valence-electron chi connectivity index (χ1n) is 8.44. The monoisotopic (exact) mass is 375 g/mol. The predicted octanol–water partition coefficient (Wildman–Crippen LogP) is 4.12. The molecule has 0 heterocycles. The van der Waals surface area contributed by atoms with Gasteiger partial charge in [-0.1, -0.05) is 18.2 Å². The van der Waals surface area contributed by atoms with Crippen molar-refractivity contribution in [1.29, 1.82) is 0 Å². The molecule has 0 spiro atoms. The van der Waals surface area contributed by atoms with Crippen LogP contribution in [0.5, 0.6) is 0 Å². The molecule has 0 atom stereocenters. The Bertz CT molecular complexity index is 1000. The first kappa shape index (κ1) is 18.8. The SMILES string of the molecule is CN(C(=O)c1ccc(NC(=O)c2ccc([N+](=O)[O-])cc2)cc1)c1ccccc1. The molecular weight excluding hydrogens is 358 g/mol. The van der Waals surface area contributed by atoms with E-state index in [4.69, 9.17) is 0 Å². The van der Waals surface area contributed by atoms with Gasteiger partial charge >= 0.3 is 0 Å². The molecule has 3 aromatic carbocycles. The highest BCUT2D eigenvalue weighted by Gasteiger charge is 2.14. The maximum Gasteiger partial charge on any atom is 0.269 e. The number of non-ortho nitro benzene ring substituents is 1. The average Bonchev–Trinajstić information content (AvgIpc) is 2.74. The van der Waals surface area contributed by atoms with E-state index in [0.717, 1.165) is 5.69 Å². The third-order valence-electron chi connectivity index (χ3n) is 4.18. The van der Waals surface area contributed by atoms with Crippen molar-refractivity contribution in [3.63, 3.8) is 0 Å². The Balaban J connectivity index is 1.67. The normalized spacial score (nSPS) is 10.2. The molecule has 2 amide bonds. The predicted molar refractivity (Wildman–Crippen MR) is 107 cm³/mol. The molecule has 0 saturated heterocycles. The molecule has 1 N–H and O–H groups in total. The van der Waals surface area contributed by atoms with E-state index in [1.807, 2.05) is 30.3 Å². The zero-order chi connectivity index (χ0) is 20.1. The van der Waals surface area contributed by atoms with Crippen molar-refractivity contribution < 1.29 is 14.5 Å². The van der Waals surface area contributed by atoms with Crippen LogP contribution in [0, 0.1) is 10.1 Å². The average molecular weight is 375 g/mol. The minimum absolute atomic E-state index is 0.0815. The number of hydrogen-bond donors (Lipinski definition) is 1. The molecule has 0 aliphatic carbocycles. The summed E-state index contributed by atoms with van der Waals surface area (Å²) in [5.41, 5.74) is 2.00. The van der Waals surface area contributed by atoms with E-state index in [9.17, 15) is 19.7 Å². The smallest absolute Gasteiger partial charge is 0.269 e. The molecule has 7 heteroatoms. The summed E-state index contributed by atoms with van der Waals surface area (Å²) in [6.07, 6.45) is 0. The maximum absolute atomic E-state index is 12.6. The Morgan fingerprint density at radius 3 is 2.00 bits per heavy atom. The second-order valence-corrected chi connectivity index (χ2v) is 6.04. The van der Waals surface area contributed by atoms with Crippen molar-refractivity contribution in [2.45, 2.75) is 0 Å². The summed E-state index contributed by atoms with van der Waals surface area (Å²) in [5.74, 6) is -0.560. The number of nitro groups is 1. The third kappa shape index (κ3) is 4.21. The highest BCUT2D eigenvalue weighted by atomic mass is 16.6. The fourth-order valence-corrected chi connectivity index (χ4v) is 2.60. The lowest BCUT2D eigenvalue weighted by Crippen LogP contribution is -2.26. The molecule has 28 heavy (non-hydrogen) atoms. The third-order valence-corrected chi connectivity index (χ3v) is 4.18. The number of benzene rings is 3. The van der Waals surface area contributed by atoms with Crippen molar-refractivity contribution >= 4 is 28.9 Å². The lowest BCUT2D eigenvalue weighted by molar-refractivity contribution is -0.384. The molecule has 140 valence electrons. The second kappa shape index (κ2) is 8.13. The van der Waals surface area contributed by atoms with Crippen LogP contribution in [-0.2, 0) is 0 Å². The molecule has 7 nitrogen and oxygen atoms in total. The van der Waals surface area contributed by atoms with Crippen molar-refractivity contribution in [3.05, 3.63) is 100 Å². The Morgan fingerprint density at radius 2 is 1.43 bits per heavy atom. The Labute approximate surface area is 161 Å². The number of rotatable bonds is 5. The number of amides is 2. The van der Waals surface area contributed by atoms with Gasteiger partial charge in [0, 0.05) is 41.7 Å². The molecule has 0 fully saturated rings. The minimum atomic E-state index is -0.524. The zero-order valence-electron chi connectivity index (χ0n) is 15.0. The lowest BCUT2D eigenvalue weighted by atomic mass is 10.1. The summed E-state index contributed by atoms with van der Waals surface area (Å²) in [5, 5.41) is 13.4. The summed E-state index contributed by atoms with van der Waals surface area (Å²) in [6.45, 7) is 0.